The quantitative estimate of drug-likeness (QED) is 0.549. The van der Waals surface area contributed by atoms with Crippen LogP contribution in [0.25, 0.3) is 0 Å². The maximum absolute atomic E-state index is 11.9. The molecule has 8 heteroatoms. The molecule has 1 aliphatic heterocycles. The van der Waals surface area contributed by atoms with Gasteiger partial charge in [-0.3, -0.25) is 9.69 Å². The van der Waals surface area contributed by atoms with Crippen LogP contribution in [0.5, 0.6) is 5.75 Å². The molecule has 0 aromatic heterocycles. The Balaban J connectivity index is 1.54. The number of ether oxygens (including phenoxy) is 2. The first kappa shape index (κ1) is 20.6. The van der Waals surface area contributed by atoms with Crippen LogP contribution in [-0.4, -0.2) is 49.9 Å². The SMILES string of the molecule is O=C(CN1CCOCC1)N/N=C\c1cc(Cl)c(OCc2ccccc2)c(Cl)c1. The minimum atomic E-state index is -0.182. The van der Waals surface area contributed by atoms with Crippen LogP contribution in [0.3, 0.4) is 0 Å². The van der Waals surface area contributed by atoms with Crippen molar-refractivity contribution in [2.24, 2.45) is 5.10 Å². The van der Waals surface area contributed by atoms with E-state index in [2.05, 4.69) is 10.5 Å². The molecule has 0 unspecified atom stereocenters. The Hall–Kier alpha value is -2.12. The van der Waals surface area contributed by atoms with E-state index in [9.17, 15) is 4.79 Å². The van der Waals surface area contributed by atoms with E-state index in [0.29, 0.717) is 41.2 Å². The molecular weight excluding hydrogens is 401 g/mol. The number of hydrogen-bond donors (Lipinski definition) is 1. The summed E-state index contributed by atoms with van der Waals surface area (Å²) in [6.07, 6.45) is 1.50. The number of hydrazone groups is 1. The molecule has 2 aromatic rings. The van der Waals surface area contributed by atoms with Crippen molar-refractivity contribution >= 4 is 35.3 Å². The number of amides is 1. The molecule has 1 saturated heterocycles. The smallest absolute Gasteiger partial charge is 0.254 e. The molecule has 3 rings (SSSR count). The lowest BCUT2D eigenvalue weighted by atomic mass is 10.2. The van der Waals surface area contributed by atoms with Gasteiger partial charge in [-0.1, -0.05) is 53.5 Å². The van der Waals surface area contributed by atoms with Gasteiger partial charge in [0, 0.05) is 13.1 Å². The van der Waals surface area contributed by atoms with E-state index >= 15 is 0 Å². The molecule has 0 aliphatic carbocycles. The minimum absolute atomic E-state index is 0.182. The van der Waals surface area contributed by atoms with E-state index in [1.807, 2.05) is 35.2 Å². The summed E-state index contributed by atoms with van der Waals surface area (Å²) in [5, 5.41) is 4.73. The lowest BCUT2D eigenvalue weighted by Crippen LogP contribution is -2.42. The minimum Gasteiger partial charge on any atom is -0.486 e. The maximum atomic E-state index is 11.9. The first-order valence-electron chi connectivity index (χ1n) is 8.89. The van der Waals surface area contributed by atoms with Gasteiger partial charge in [-0.05, 0) is 23.3 Å². The second kappa shape index (κ2) is 10.4. The molecule has 1 aliphatic rings. The highest BCUT2D eigenvalue weighted by Crippen LogP contribution is 2.34. The number of nitrogens with zero attached hydrogens (tertiary/aromatic N) is 2. The van der Waals surface area contributed by atoms with Crippen molar-refractivity contribution in [1.82, 2.24) is 10.3 Å². The summed E-state index contributed by atoms with van der Waals surface area (Å²) in [5.74, 6) is 0.235. The lowest BCUT2D eigenvalue weighted by molar-refractivity contribution is -0.123. The number of benzene rings is 2. The number of nitrogens with one attached hydrogen (secondary N) is 1. The molecule has 1 amide bonds. The second-order valence-electron chi connectivity index (χ2n) is 6.27. The fourth-order valence-corrected chi connectivity index (χ4v) is 3.31. The molecule has 0 saturated carbocycles. The summed E-state index contributed by atoms with van der Waals surface area (Å²) in [6, 6.07) is 13.1. The van der Waals surface area contributed by atoms with Crippen molar-refractivity contribution in [3.05, 3.63) is 63.6 Å². The van der Waals surface area contributed by atoms with Crippen LogP contribution in [0.1, 0.15) is 11.1 Å². The Morgan fingerprint density at radius 1 is 1.18 bits per heavy atom. The van der Waals surface area contributed by atoms with Crippen molar-refractivity contribution < 1.29 is 14.3 Å². The van der Waals surface area contributed by atoms with E-state index < -0.39 is 0 Å². The summed E-state index contributed by atoms with van der Waals surface area (Å²) in [4.78, 5) is 13.9. The van der Waals surface area contributed by atoms with Gasteiger partial charge in [-0.2, -0.15) is 5.10 Å². The summed E-state index contributed by atoms with van der Waals surface area (Å²) >= 11 is 12.6. The highest BCUT2D eigenvalue weighted by molar-refractivity contribution is 6.37. The highest BCUT2D eigenvalue weighted by Gasteiger charge is 2.13. The monoisotopic (exact) mass is 421 g/mol. The summed E-state index contributed by atoms with van der Waals surface area (Å²) in [7, 11) is 0. The van der Waals surface area contributed by atoms with Gasteiger partial charge in [0.15, 0.2) is 5.75 Å². The van der Waals surface area contributed by atoms with E-state index in [1.165, 1.54) is 6.21 Å². The molecular formula is C20H21Cl2N3O3. The Bertz CT molecular complexity index is 802. The van der Waals surface area contributed by atoms with Gasteiger partial charge < -0.3 is 9.47 Å². The van der Waals surface area contributed by atoms with Crippen molar-refractivity contribution in [2.75, 3.05) is 32.8 Å². The standard InChI is InChI=1S/C20H21Cl2N3O3/c21-17-10-16(12-23-24-19(26)13-25-6-8-27-9-7-25)11-18(22)20(17)28-14-15-4-2-1-3-5-15/h1-5,10-12H,6-9,13-14H2,(H,24,26)/b23-12-. The zero-order valence-electron chi connectivity index (χ0n) is 15.2. The molecule has 0 spiro atoms. The van der Waals surface area contributed by atoms with Crippen LogP contribution >= 0.6 is 23.2 Å². The fraction of sp³-hybridized carbons (Fsp3) is 0.300. The number of rotatable bonds is 7. The van der Waals surface area contributed by atoms with Crippen molar-refractivity contribution in [2.45, 2.75) is 6.61 Å². The second-order valence-corrected chi connectivity index (χ2v) is 7.08. The predicted octanol–water partition coefficient (Wildman–Crippen LogP) is 3.35. The molecule has 1 heterocycles. The fourth-order valence-electron chi connectivity index (χ4n) is 2.70. The third-order valence-electron chi connectivity index (χ3n) is 4.12. The molecule has 1 fully saturated rings. The molecule has 0 atom stereocenters. The Labute approximate surface area is 174 Å². The van der Waals surface area contributed by atoms with Gasteiger partial charge in [-0.15, -0.1) is 0 Å². The molecule has 0 bridgehead atoms. The van der Waals surface area contributed by atoms with Crippen LogP contribution < -0.4 is 10.2 Å². The zero-order chi connectivity index (χ0) is 19.8. The van der Waals surface area contributed by atoms with Crippen LogP contribution in [-0.2, 0) is 16.1 Å². The molecule has 28 heavy (non-hydrogen) atoms. The van der Waals surface area contributed by atoms with Gasteiger partial charge in [0.05, 0.1) is 36.0 Å². The van der Waals surface area contributed by atoms with Gasteiger partial charge in [0.1, 0.15) is 6.61 Å². The van der Waals surface area contributed by atoms with E-state index in [4.69, 9.17) is 32.7 Å². The molecule has 6 nitrogen and oxygen atoms in total. The number of hydrogen-bond acceptors (Lipinski definition) is 5. The van der Waals surface area contributed by atoms with Crippen LogP contribution in [0.2, 0.25) is 10.0 Å². The van der Waals surface area contributed by atoms with Crippen LogP contribution in [0.15, 0.2) is 47.6 Å². The summed E-state index contributed by atoms with van der Waals surface area (Å²) in [5.41, 5.74) is 4.19. The lowest BCUT2D eigenvalue weighted by Gasteiger charge is -2.25. The Kier molecular flexibility index (Phi) is 7.68. The normalized spacial score (nSPS) is 14.9. The number of carbonyl (C=O) groups is 1. The van der Waals surface area contributed by atoms with E-state index in [-0.39, 0.29) is 12.5 Å². The number of carbonyl (C=O) groups excluding carboxylic acids is 1. The van der Waals surface area contributed by atoms with Crippen molar-refractivity contribution in [3.8, 4) is 5.75 Å². The largest absolute Gasteiger partial charge is 0.486 e. The molecule has 0 radical (unpaired) electrons. The van der Waals surface area contributed by atoms with Crippen molar-refractivity contribution in [3.63, 3.8) is 0 Å². The maximum Gasteiger partial charge on any atom is 0.254 e. The van der Waals surface area contributed by atoms with Crippen LogP contribution in [0, 0.1) is 0 Å². The Morgan fingerprint density at radius 2 is 1.86 bits per heavy atom. The highest BCUT2D eigenvalue weighted by atomic mass is 35.5. The molecule has 148 valence electrons. The van der Waals surface area contributed by atoms with Gasteiger partial charge in [0.25, 0.3) is 5.91 Å². The van der Waals surface area contributed by atoms with E-state index in [0.717, 1.165) is 18.7 Å². The predicted molar refractivity (Wildman–Crippen MR) is 110 cm³/mol. The molecule has 1 N–H and O–H groups in total. The third-order valence-corrected chi connectivity index (χ3v) is 4.68. The number of morpholine rings is 1. The van der Waals surface area contributed by atoms with Crippen LogP contribution in [0.4, 0.5) is 0 Å². The number of halogens is 2. The van der Waals surface area contributed by atoms with Crippen molar-refractivity contribution in [1.29, 1.82) is 0 Å². The summed E-state index contributed by atoms with van der Waals surface area (Å²) in [6.45, 7) is 3.43. The van der Waals surface area contributed by atoms with E-state index in [1.54, 1.807) is 12.1 Å². The first-order valence-corrected chi connectivity index (χ1v) is 9.65. The third kappa shape index (κ3) is 6.21. The average Bonchev–Trinajstić information content (AvgIpc) is 2.69. The average molecular weight is 422 g/mol. The zero-order valence-corrected chi connectivity index (χ0v) is 16.7. The topological polar surface area (TPSA) is 63.2 Å². The van der Waals surface area contributed by atoms with Gasteiger partial charge in [0.2, 0.25) is 0 Å². The van der Waals surface area contributed by atoms with Gasteiger partial charge in [-0.25, -0.2) is 5.43 Å². The first-order chi connectivity index (χ1) is 13.6. The van der Waals surface area contributed by atoms with Gasteiger partial charge >= 0.3 is 0 Å². The molecule has 2 aromatic carbocycles. The summed E-state index contributed by atoms with van der Waals surface area (Å²) < 4.78 is 11.0. The Morgan fingerprint density at radius 3 is 2.54 bits per heavy atom.